The molecule has 2 aliphatic carbocycles. The van der Waals surface area contributed by atoms with Gasteiger partial charge in [0.05, 0.1) is 6.10 Å². The molecule has 3 heterocycles. The maximum atomic E-state index is 14.0. The van der Waals surface area contributed by atoms with Crippen molar-refractivity contribution in [3.63, 3.8) is 0 Å². The number of aromatic nitrogens is 1. The van der Waals surface area contributed by atoms with E-state index in [4.69, 9.17) is 4.74 Å². The average Bonchev–Trinajstić information content (AvgIpc) is 3.45. The number of halogens is 1. The first-order valence-electron chi connectivity index (χ1n) is 10.7. The maximum Gasteiger partial charge on any atom is 0.191 e. The molecule has 1 aromatic rings. The van der Waals surface area contributed by atoms with Gasteiger partial charge in [-0.05, 0) is 37.8 Å². The Morgan fingerprint density at radius 1 is 1.32 bits per heavy atom. The third kappa shape index (κ3) is 2.86. The lowest BCUT2D eigenvalue weighted by molar-refractivity contribution is -0.125. The molecule has 0 aromatic carbocycles. The summed E-state index contributed by atoms with van der Waals surface area (Å²) in [5, 5.41) is 7.33. The molecule has 0 bridgehead atoms. The second kappa shape index (κ2) is 7.17. The minimum Gasteiger partial charge on any atom is -0.377 e. The monoisotopic (exact) mass is 387 g/mol. The molecule has 152 valence electrons. The number of rotatable bonds is 3. The third-order valence-corrected chi connectivity index (χ3v) is 7.37. The second-order valence-corrected chi connectivity index (χ2v) is 8.76. The fourth-order valence-electron chi connectivity index (χ4n) is 6.10. The molecule has 2 N–H and O–H groups in total. The van der Waals surface area contributed by atoms with Crippen molar-refractivity contribution in [2.75, 3.05) is 31.6 Å². The Kier molecular flexibility index (Phi) is 4.65. The molecule has 4 atom stereocenters. The van der Waals surface area contributed by atoms with Crippen LogP contribution in [0.4, 0.5) is 10.2 Å². The van der Waals surface area contributed by atoms with Gasteiger partial charge in [-0.2, -0.15) is 0 Å². The van der Waals surface area contributed by atoms with Crippen LogP contribution in [0.1, 0.15) is 38.5 Å². The van der Waals surface area contributed by atoms with Gasteiger partial charge < -0.3 is 20.3 Å². The van der Waals surface area contributed by atoms with Gasteiger partial charge in [-0.1, -0.05) is 12.8 Å². The van der Waals surface area contributed by atoms with E-state index >= 15 is 0 Å². The minimum absolute atomic E-state index is 0.239. The number of hydrogen-bond acceptors (Lipinski definition) is 4. The zero-order chi connectivity index (χ0) is 19.1. The van der Waals surface area contributed by atoms with Gasteiger partial charge in [0.15, 0.2) is 17.6 Å². The number of hydrogen-bond donors (Lipinski definition) is 2. The summed E-state index contributed by atoms with van der Waals surface area (Å²) >= 11 is 0. The molecular formula is C21H30FN5O. The van der Waals surface area contributed by atoms with Crippen molar-refractivity contribution in [1.29, 1.82) is 0 Å². The van der Waals surface area contributed by atoms with Gasteiger partial charge in [0.1, 0.15) is 0 Å². The number of guanidine groups is 1. The highest BCUT2D eigenvalue weighted by atomic mass is 19.1. The van der Waals surface area contributed by atoms with Crippen LogP contribution in [0, 0.1) is 17.2 Å². The van der Waals surface area contributed by atoms with Crippen molar-refractivity contribution >= 4 is 11.8 Å². The summed E-state index contributed by atoms with van der Waals surface area (Å²) < 4.78 is 20.1. The number of nitrogens with one attached hydrogen (secondary N) is 2. The molecule has 4 unspecified atom stereocenters. The first kappa shape index (κ1) is 18.2. The standard InChI is InChI=1S/C21H30FN5O/c1-23-20(25-14-6-11-27(13-14)19-16(22)5-4-10-24-19)26-17-15-7-12-28-18(15)21(17)8-2-3-9-21/h4-5,10,14-15,17-18H,2-3,6-9,11-13H2,1H3,(H2,23,25,26). The van der Waals surface area contributed by atoms with Crippen molar-refractivity contribution in [3.05, 3.63) is 24.1 Å². The minimum atomic E-state index is -0.254. The first-order chi connectivity index (χ1) is 13.7. The molecule has 0 amide bonds. The van der Waals surface area contributed by atoms with E-state index in [-0.39, 0.29) is 11.9 Å². The SMILES string of the molecule is CN=C(NC1CCN(c2ncccc2F)C1)NC1C2CCOC2C12CCCC2. The summed E-state index contributed by atoms with van der Waals surface area (Å²) in [4.78, 5) is 10.7. The highest BCUT2D eigenvalue weighted by Crippen LogP contribution is 2.60. The van der Waals surface area contributed by atoms with E-state index in [2.05, 4.69) is 20.6 Å². The summed E-state index contributed by atoms with van der Waals surface area (Å²) in [6, 6.07) is 3.80. The lowest BCUT2D eigenvalue weighted by atomic mass is 9.54. The number of ether oxygens (including phenoxy) is 1. The van der Waals surface area contributed by atoms with Crippen LogP contribution in [0.2, 0.25) is 0 Å². The third-order valence-electron chi connectivity index (χ3n) is 7.37. The van der Waals surface area contributed by atoms with E-state index in [1.165, 1.54) is 31.7 Å². The predicted octanol–water partition coefficient (Wildman–Crippen LogP) is 2.31. The molecule has 2 saturated heterocycles. The van der Waals surface area contributed by atoms with Gasteiger partial charge in [-0.3, -0.25) is 4.99 Å². The largest absolute Gasteiger partial charge is 0.377 e. The molecule has 2 aliphatic heterocycles. The van der Waals surface area contributed by atoms with Crippen molar-refractivity contribution in [1.82, 2.24) is 15.6 Å². The molecule has 6 nitrogen and oxygen atoms in total. The van der Waals surface area contributed by atoms with E-state index in [0.717, 1.165) is 38.5 Å². The zero-order valence-corrected chi connectivity index (χ0v) is 16.5. The molecule has 1 aromatic heterocycles. The molecule has 5 rings (SSSR count). The lowest BCUT2D eigenvalue weighted by Crippen LogP contribution is -2.69. The van der Waals surface area contributed by atoms with Crippen LogP contribution in [0.15, 0.2) is 23.3 Å². The van der Waals surface area contributed by atoms with E-state index in [9.17, 15) is 4.39 Å². The van der Waals surface area contributed by atoms with Crippen LogP contribution < -0.4 is 15.5 Å². The van der Waals surface area contributed by atoms with Crippen molar-refractivity contribution < 1.29 is 9.13 Å². The summed E-state index contributed by atoms with van der Waals surface area (Å²) in [6.07, 6.45) is 9.34. The summed E-state index contributed by atoms with van der Waals surface area (Å²) in [7, 11) is 1.84. The molecule has 4 aliphatic rings. The Labute approximate surface area is 166 Å². The Balaban J connectivity index is 1.22. The van der Waals surface area contributed by atoms with Crippen LogP contribution >= 0.6 is 0 Å². The average molecular weight is 388 g/mol. The lowest BCUT2D eigenvalue weighted by Gasteiger charge is -2.57. The molecule has 0 radical (unpaired) electrons. The van der Waals surface area contributed by atoms with Crippen LogP contribution in [-0.2, 0) is 4.74 Å². The van der Waals surface area contributed by atoms with E-state index < -0.39 is 0 Å². The number of aliphatic imine (C=N–C) groups is 1. The Bertz CT molecular complexity index is 750. The highest BCUT2D eigenvalue weighted by molar-refractivity contribution is 5.80. The van der Waals surface area contributed by atoms with Crippen LogP contribution in [0.5, 0.6) is 0 Å². The molecule has 1 spiro atoms. The van der Waals surface area contributed by atoms with Gasteiger partial charge in [0, 0.05) is 56.4 Å². The van der Waals surface area contributed by atoms with Gasteiger partial charge in [-0.25, -0.2) is 9.37 Å². The van der Waals surface area contributed by atoms with Crippen LogP contribution in [0.25, 0.3) is 0 Å². The van der Waals surface area contributed by atoms with Gasteiger partial charge >= 0.3 is 0 Å². The Morgan fingerprint density at radius 2 is 2.18 bits per heavy atom. The zero-order valence-electron chi connectivity index (χ0n) is 16.5. The Hall–Kier alpha value is -1.89. The number of pyridine rings is 1. The summed E-state index contributed by atoms with van der Waals surface area (Å²) in [5.41, 5.74) is 0.303. The fraction of sp³-hybridized carbons (Fsp3) is 0.714. The molecule has 7 heteroatoms. The number of nitrogens with zero attached hydrogens (tertiary/aromatic N) is 3. The van der Waals surface area contributed by atoms with Crippen molar-refractivity contribution in [3.8, 4) is 0 Å². The van der Waals surface area contributed by atoms with Crippen molar-refractivity contribution in [2.24, 2.45) is 16.3 Å². The predicted molar refractivity (Wildman–Crippen MR) is 107 cm³/mol. The molecule has 4 fully saturated rings. The first-order valence-corrected chi connectivity index (χ1v) is 10.7. The Morgan fingerprint density at radius 3 is 2.96 bits per heavy atom. The van der Waals surface area contributed by atoms with E-state index in [1.807, 2.05) is 11.9 Å². The quantitative estimate of drug-likeness (QED) is 0.616. The smallest absolute Gasteiger partial charge is 0.191 e. The fourth-order valence-corrected chi connectivity index (χ4v) is 6.10. The van der Waals surface area contributed by atoms with E-state index in [1.54, 1.807) is 12.3 Å². The topological polar surface area (TPSA) is 61.8 Å². The molecule has 28 heavy (non-hydrogen) atoms. The van der Waals surface area contributed by atoms with Crippen LogP contribution in [0.3, 0.4) is 0 Å². The van der Waals surface area contributed by atoms with Gasteiger partial charge in [-0.15, -0.1) is 0 Å². The normalized spacial score (nSPS) is 33.8. The summed E-state index contributed by atoms with van der Waals surface area (Å²) in [6.45, 7) is 2.43. The molecule has 2 saturated carbocycles. The number of fused-ring (bicyclic) bond motifs is 2. The van der Waals surface area contributed by atoms with Crippen molar-refractivity contribution in [2.45, 2.75) is 56.7 Å². The second-order valence-electron chi connectivity index (χ2n) is 8.76. The van der Waals surface area contributed by atoms with E-state index in [0.29, 0.717) is 29.3 Å². The maximum absolute atomic E-state index is 14.0. The number of anilines is 1. The van der Waals surface area contributed by atoms with Gasteiger partial charge in [0.25, 0.3) is 0 Å². The summed E-state index contributed by atoms with van der Waals surface area (Å²) in [5.74, 6) is 1.68. The molecular weight excluding hydrogens is 357 g/mol. The highest BCUT2D eigenvalue weighted by Gasteiger charge is 2.65. The van der Waals surface area contributed by atoms with Gasteiger partial charge in [0.2, 0.25) is 0 Å². The van der Waals surface area contributed by atoms with Crippen LogP contribution in [-0.4, -0.2) is 55.9 Å².